The van der Waals surface area contributed by atoms with Crippen LogP contribution in [0.1, 0.15) is 16.3 Å². The summed E-state index contributed by atoms with van der Waals surface area (Å²) in [6, 6.07) is 5.32. The molecular formula is C13H10FN5O2. The number of aryl methyl sites for hydroxylation is 1. The number of hydrogen-bond donors (Lipinski definition) is 2. The molecule has 106 valence electrons. The van der Waals surface area contributed by atoms with Gasteiger partial charge in [0, 0.05) is 0 Å². The lowest BCUT2D eigenvalue weighted by molar-refractivity contribution is 0.0997. The minimum atomic E-state index is -0.766. The molecule has 0 aliphatic rings. The second kappa shape index (κ2) is 4.51. The topological polar surface area (TPSA) is 107 Å². The average Bonchev–Trinajstić information content (AvgIpc) is 2.75. The van der Waals surface area contributed by atoms with Crippen LogP contribution < -0.4 is 11.4 Å². The van der Waals surface area contributed by atoms with Crippen LogP contribution in [-0.4, -0.2) is 25.4 Å². The third-order valence-electron chi connectivity index (χ3n) is 2.97. The van der Waals surface area contributed by atoms with Crippen LogP contribution in [0.5, 0.6) is 0 Å². The number of halogens is 1. The molecule has 8 heteroatoms. The molecule has 0 unspecified atom stereocenters. The van der Waals surface area contributed by atoms with Gasteiger partial charge < -0.3 is 10.7 Å². The van der Waals surface area contributed by atoms with Crippen LogP contribution >= 0.6 is 0 Å². The zero-order chi connectivity index (χ0) is 15.1. The predicted octanol–water partition coefficient (Wildman–Crippen LogP) is 0.655. The number of imidazole rings is 1. The van der Waals surface area contributed by atoms with Crippen molar-refractivity contribution in [3.63, 3.8) is 0 Å². The second-order valence-corrected chi connectivity index (χ2v) is 4.42. The van der Waals surface area contributed by atoms with Crippen molar-refractivity contribution in [2.75, 3.05) is 0 Å². The smallest absolute Gasteiger partial charge is 0.332 e. The summed E-state index contributed by atoms with van der Waals surface area (Å²) in [6.45, 7) is 1.58. The van der Waals surface area contributed by atoms with Gasteiger partial charge in [-0.3, -0.25) is 4.79 Å². The van der Waals surface area contributed by atoms with Gasteiger partial charge in [-0.2, -0.15) is 0 Å². The van der Waals surface area contributed by atoms with Gasteiger partial charge in [0.1, 0.15) is 17.2 Å². The molecule has 0 saturated heterocycles. The van der Waals surface area contributed by atoms with Crippen molar-refractivity contribution in [1.82, 2.24) is 19.5 Å². The molecule has 0 saturated carbocycles. The molecule has 1 amide bonds. The van der Waals surface area contributed by atoms with Gasteiger partial charge >= 0.3 is 5.69 Å². The maximum absolute atomic E-state index is 13.0. The fraction of sp³-hybridized carbons (Fsp3) is 0.0769. The molecule has 0 atom stereocenters. The van der Waals surface area contributed by atoms with Crippen LogP contribution in [0.15, 0.2) is 29.1 Å². The van der Waals surface area contributed by atoms with Crippen LogP contribution in [0.2, 0.25) is 0 Å². The van der Waals surface area contributed by atoms with Crippen LogP contribution in [-0.2, 0) is 0 Å². The summed E-state index contributed by atoms with van der Waals surface area (Å²) >= 11 is 0. The fourth-order valence-corrected chi connectivity index (χ4v) is 2.10. The van der Waals surface area contributed by atoms with E-state index in [2.05, 4.69) is 15.0 Å². The highest BCUT2D eigenvalue weighted by molar-refractivity contribution is 6.01. The lowest BCUT2D eigenvalue weighted by atomic mass is 10.3. The predicted molar refractivity (Wildman–Crippen MR) is 72.7 cm³/mol. The van der Waals surface area contributed by atoms with Crippen molar-refractivity contribution in [3.05, 3.63) is 52.1 Å². The molecule has 0 aliphatic heterocycles. The van der Waals surface area contributed by atoms with Crippen molar-refractivity contribution in [1.29, 1.82) is 0 Å². The van der Waals surface area contributed by atoms with Gasteiger partial charge in [-0.1, -0.05) is 0 Å². The Balaban J connectivity index is 2.39. The number of H-pyrrole nitrogens is 1. The maximum Gasteiger partial charge on any atom is 0.332 e. The van der Waals surface area contributed by atoms with Crippen LogP contribution in [0.3, 0.4) is 0 Å². The quantitative estimate of drug-likeness (QED) is 0.721. The summed E-state index contributed by atoms with van der Waals surface area (Å²) in [5.74, 6) is -0.889. The van der Waals surface area contributed by atoms with Gasteiger partial charge in [-0.15, -0.1) is 0 Å². The first kappa shape index (κ1) is 13.0. The molecule has 0 fully saturated rings. The number of carbonyl (C=O) groups is 1. The Labute approximate surface area is 117 Å². The van der Waals surface area contributed by atoms with E-state index in [-0.39, 0.29) is 16.9 Å². The van der Waals surface area contributed by atoms with E-state index in [1.807, 2.05) is 0 Å². The van der Waals surface area contributed by atoms with E-state index in [1.54, 1.807) is 6.92 Å². The number of aromatic nitrogens is 4. The van der Waals surface area contributed by atoms with Crippen molar-refractivity contribution < 1.29 is 9.18 Å². The molecule has 21 heavy (non-hydrogen) atoms. The highest BCUT2D eigenvalue weighted by Gasteiger charge is 2.18. The number of nitrogens with zero attached hydrogens (tertiary/aromatic N) is 3. The minimum absolute atomic E-state index is 0.0598. The Morgan fingerprint density at radius 3 is 2.57 bits per heavy atom. The summed E-state index contributed by atoms with van der Waals surface area (Å²) < 4.78 is 14.2. The molecular weight excluding hydrogens is 277 g/mol. The molecule has 0 spiro atoms. The fourth-order valence-electron chi connectivity index (χ4n) is 2.10. The van der Waals surface area contributed by atoms with Crippen molar-refractivity contribution in [3.8, 4) is 5.69 Å². The van der Waals surface area contributed by atoms with Gasteiger partial charge in [0.2, 0.25) is 0 Å². The Hall–Kier alpha value is -3.03. The third-order valence-corrected chi connectivity index (χ3v) is 2.97. The highest BCUT2D eigenvalue weighted by atomic mass is 19.1. The van der Waals surface area contributed by atoms with Gasteiger partial charge in [-0.25, -0.2) is 23.7 Å². The number of fused-ring (bicyclic) bond motifs is 1. The maximum atomic E-state index is 13.0. The molecule has 0 bridgehead atoms. The second-order valence-electron chi connectivity index (χ2n) is 4.42. The lowest BCUT2D eigenvalue weighted by Gasteiger charge is -2.04. The number of primary amides is 1. The van der Waals surface area contributed by atoms with Gasteiger partial charge in [0.05, 0.1) is 5.69 Å². The monoisotopic (exact) mass is 287 g/mol. The number of rotatable bonds is 2. The van der Waals surface area contributed by atoms with E-state index < -0.39 is 17.4 Å². The normalized spacial score (nSPS) is 11.0. The van der Waals surface area contributed by atoms with E-state index in [4.69, 9.17) is 5.73 Å². The third kappa shape index (κ3) is 2.06. The molecule has 3 N–H and O–H groups in total. The summed E-state index contributed by atoms with van der Waals surface area (Å²) in [5, 5.41) is 0. The Bertz CT molecular complexity index is 911. The molecule has 0 aliphatic carbocycles. The number of nitrogens with two attached hydrogens (primary N) is 1. The van der Waals surface area contributed by atoms with Crippen LogP contribution in [0.25, 0.3) is 16.9 Å². The Morgan fingerprint density at radius 2 is 1.95 bits per heavy atom. The van der Waals surface area contributed by atoms with E-state index in [0.717, 1.165) is 0 Å². The Morgan fingerprint density at radius 1 is 1.29 bits per heavy atom. The summed E-state index contributed by atoms with van der Waals surface area (Å²) in [5.41, 5.74) is 5.47. The van der Waals surface area contributed by atoms with Crippen molar-refractivity contribution >= 4 is 17.1 Å². The molecule has 3 rings (SSSR count). The zero-order valence-electron chi connectivity index (χ0n) is 10.9. The number of aromatic amines is 1. The SMILES string of the molecule is Cc1nc(C(N)=O)c2[nH]c(=O)n(-c3ccc(F)cc3)c2n1. The van der Waals surface area contributed by atoms with Gasteiger partial charge in [0.25, 0.3) is 5.91 Å². The van der Waals surface area contributed by atoms with Gasteiger partial charge in [0.15, 0.2) is 11.3 Å². The number of hydrogen-bond acceptors (Lipinski definition) is 4. The van der Waals surface area contributed by atoms with E-state index >= 15 is 0 Å². The number of amides is 1. The van der Waals surface area contributed by atoms with E-state index in [0.29, 0.717) is 11.5 Å². The summed E-state index contributed by atoms with van der Waals surface area (Å²) in [7, 11) is 0. The standard InChI is InChI=1S/C13H10FN5O2/c1-6-16-9(11(15)20)10-12(17-6)19(13(21)18-10)8-4-2-7(14)3-5-8/h2-5H,1H3,(H2,15,20)(H,18,21). The minimum Gasteiger partial charge on any atom is -0.364 e. The number of nitrogens with one attached hydrogen (secondary N) is 1. The number of carbonyl (C=O) groups excluding carboxylic acids is 1. The first-order chi connectivity index (χ1) is 9.97. The molecule has 7 nitrogen and oxygen atoms in total. The number of benzene rings is 1. The Kier molecular flexibility index (Phi) is 2.79. The molecule has 0 radical (unpaired) electrons. The van der Waals surface area contributed by atoms with Crippen LogP contribution in [0.4, 0.5) is 4.39 Å². The van der Waals surface area contributed by atoms with Crippen molar-refractivity contribution in [2.45, 2.75) is 6.92 Å². The van der Waals surface area contributed by atoms with E-state index in [9.17, 15) is 14.0 Å². The highest BCUT2D eigenvalue weighted by Crippen LogP contribution is 2.16. The molecule has 2 aromatic heterocycles. The lowest BCUT2D eigenvalue weighted by Crippen LogP contribution is -2.15. The zero-order valence-corrected chi connectivity index (χ0v) is 10.9. The first-order valence-electron chi connectivity index (χ1n) is 6.02. The molecule has 3 aromatic rings. The largest absolute Gasteiger partial charge is 0.364 e. The summed E-state index contributed by atoms with van der Waals surface area (Å²) in [6.07, 6.45) is 0. The molecule has 1 aromatic carbocycles. The summed E-state index contributed by atoms with van der Waals surface area (Å²) in [4.78, 5) is 34.1. The van der Waals surface area contributed by atoms with E-state index in [1.165, 1.54) is 28.8 Å². The first-order valence-corrected chi connectivity index (χ1v) is 6.02. The van der Waals surface area contributed by atoms with Gasteiger partial charge in [-0.05, 0) is 31.2 Å². The van der Waals surface area contributed by atoms with Crippen LogP contribution in [0, 0.1) is 12.7 Å². The van der Waals surface area contributed by atoms with Crippen molar-refractivity contribution in [2.24, 2.45) is 5.73 Å². The average molecular weight is 287 g/mol. The molecule has 2 heterocycles.